The first-order valence-electron chi connectivity index (χ1n) is 3.66. The van der Waals surface area contributed by atoms with Gasteiger partial charge in [0.15, 0.2) is 0 Å². The molecule has 1 atom stereocenters. The quantitative estimate of drug-likeness (QED) is 0.903. The van der Waals surface area contributed by atoms with Crippen molar-refractivity contribution in [2.75, 3.05) is 12.0 Å². The monoisotopic (exact) mass is 266 g/mol. The predicted molar refractivity (Wildman–Crippen MR) is 60.0 cm³/mol. The Balaban J connectivity index is 2.47. The molecule has 0 bridgehead atoms. The molecule has 0 aliphatic rings. The summed E-state index contributed by atoms with van der Waals surface area (Å²) >= 11 is 6.74. The molecule has 0 fully saturated rings. The Bertz CT molecular complexity index is 237. The molecule has 12 heavy (non-hydrogen) atoms. The number of hydrogen-bond donors (Lipinski definition) is 1. The van der Waals surface area contributed by atoms with E-state index in [1.54, 1.807) is 23.1 Å². The summed E-state index contributed by atoms with van der Waals surface area (Å²) in [6.07, 6.45) is 2.61. The summed E-state index contributed by atoms with van der Waals surface area (Å²) in [6, 6.07) is 3.95. The number of halogens is 1. The zero-order chi connectivity index (χ0) is 8.97. The van der Waals surface area contributed by atoms with Crippen molar-refractivity contribution in [3.05, 3.63) is 20.8 Å². The number of hydrogen-bond acceptors (Lipinski definition) is 3. The fourth-order valence-corrected chi connectivity index (χ4v) is 2.78. The lowest BCUT2D eigenvalue weighted by Gasteiger charge is -2.05. The second-order valence-electron chi connectivity index (χ2n) is 2.44. The van der Waals surface area contributed by atoms with Gasteiger partial charge in [-0.1, -0.05) is 0 Å². The summed E-state index contributed by atoms with van der Waals surface area (Å²) in [7, 11) is 0. The molecule has 4 heteroatoms. The highest BCUT2D eigenvalue weighted by Gasteiger charge is 2.08. The van der Waals surface area contributed by atoms with E-state index in [1.165, 1.54) is 0 Å². The van der Waals surface area contributed by atoms with E-state index in [4.69, 9.17) is 0 Å². The SMILES string of the molecule is CSCCC(O)c1ccc(Br)s1. The molecule has 0 radical (unpaired) electrons. The summed E-state index contributed by atoms with van der Waals surface area (Å²) in [5.41, 5.74) is 0. The van der Waals surface area contributed by atoms with Gasteiger partial charge in [-0.15, -0.1) is 11.3 Å². The molecule has 1 N–H and O–H groups in total. The molecule has 0 aliphatic heterocycles. The van der Waals surface area contributed by atoms with Crippen molar-refractivity contribution in [3.8, 4) is 0 Å². The van der Waals surface area contributed by atoms with Gasteiger partial charge in [0.25, 0.3) is 0 Å². The molecule has 0 amide bonds. The van der Waals surface area contributed by atoms with Crippen molar-refractivity contribution < 1.29 is 5.11 Å². The Morgan fingerprint density at radius 2 is 2.42 bits per heavy atom. The number of thiophene rings is 1. The van der Waals surface area contributed by atoms with Crippen LogP contribution < -0.4 is 0 Å². The van der Waals surface area contributed by atoms with Gasteiger partial charge in [-0.2, -0.15) is 11.8 Å². The van der Waals surface area contributed by atoms with Crippen LogP contribution >= 0.6 is 39.0 Å². The van der Waals surface area contributed by atoms with Crippen LogP contribution in [0.3, 0.4) is 0 Å². The van der Waals surface area contributed by atoms with Crippen LogP contribution in [0.4, 0.5) is 0 Å². The van der Waals surface area contributed by atoms with Crippen molar-refractivity contribution in [3.63, 3.8) is 0 Å². The van der Waals surface area contributed by atoms with Crippen molar-refractivity contribution in [1.29, 1.82) is 0 Å². The van der Waals surface area contributed by atoms with Gasteiger partial charge in [-0.25, -0.2) is 0 Å². The molecule has 1 rings (SSSR count). The number of aliphatic hydroxyl groups excluding tert-OH is 1. The molecule has 68 valence electrons. The Hall–Kier alpha value is 0.490. The zero-order valence-electron chi connectivity index (χ0n) is 6.79. The third kappa shape index (κ3) is 3.09. The first-order valence-corrected chi connectivity index (χ1v) is 6.66. The van der Waals surface area contributed by atoms with Gasteiger partial charge in [0.2, 0.25) is 0 Å². The Morgan fingerprint density at radius 3 is 2.92 bits per heavy atom. The lowest BCUT2D eigenvalue weighted by Crippen LogP contribution is -1.95. The summed E-state index contributed by atoms with van der Waals surface area (Å²) < 4.78 is 1.08. The Labute approximate surface area is 89.3 Å². The van der Waals surface area contributed by atoms with E-state index in [2.05, 4.69) is 22.2 Å². The minimum Gasteiger partial charge on any atom is -0.388 e. The zero-order valence-corrected chi connectivity index (χ0v) is 10.0. The first-order chi connectivity index (χ1) is 5.74. The van der Waals surface area contributed by atoms with Crippen LogP contribution in [-0.2, 0) is 0 Å². The summed E-state index contributed by atoms with van der Waals surface area (Å²) in [5.74, 6) is 1.01. The lowest BCUT2D eigenvalue weighted by molar-refractivity contribution is 0.179. The van der Waals surface area contributed by atoms with E-state index < -0.39 is 0 Å². The van der Waals surface area contributed by atoms with E-state index in [0.29, 0.717) is 0 Å². The van der Waals surface area contributed by atoms with Crippen LogP contribution in [0.1, 0.15) is 17.4 Å². The number of aliphatic hydroxyl groups is 1. The van der Waals surface area contributed by atoms with E-state index >= 15 is 0 Å². The van der Waals surface area contributed by atoms with Crippen LogP contribution in [0.2, 0.25) is 0 Å². The summed E-state index contributed by atoms with van der Waals surface area (Å²) in [4.78, 5) is 1.05. The maximum absolute atomic E-state index is 9.64. The largest absolute Gasteiger partial charge is 0.388 e. The average Bonchev–Trinajstić information content (AvgIpc) is 2.47. The number of rotatable bonds is 4. The lowest BCUT2D eigenvalue weighted by atomic mass is 10.2. The van der Waals surface area contributed by atoms with Crippen molar-refractivity contribution >= 4 is 39.0 Å². The van der Waals surface area contributed by atoms with Gasteiger partial charge >= 0.3 is 0 Å². The second kappa shape index (κ2) is 5.27. The van der Waals surface area contributed by atoms with Crippen molar-refractivity contribution in [1.82, 2.24) is 0 Å². The molecule has 1 unspecified atom stereocenters. The molecule has 1 nitrogen and oxygen atoms in total. The topological polar surface area (TPSA) is 20.2 Å². The van der Waals surface area contributed by atoms with E-state index in [0.717, 1.165) is 20.8 Å². The fourth-order valence-electron chi connectivity index (χ4n) is 0.879. The molecule has 1 aromatic heterocycles. The molecule has 0 saturated heterocycles. The van der Waals surface area contributed by atoms with Crippen LogP contribution in [-0.4, -0.2) is 17.1 Å². The van der Waals surface area contributed by atoms with Gasteiger partial charge in [0, 0.05) is 4.88 Å². The highest BCUT2D eigenvalue weighted by Crippen LogP contribution is 2.29. The standard InChI is InChI=1S/C8H11BrOS2/c1-11-5-4-6(10)7-2-3-8(9)12-7/h2-3,6,10H,4-5H2,1H3. The van der Waals surface area contributed by atoms with Crippen molar-refractivity contribution in [2.45, 2.75) is 12.5 Å². The van der Waals surface area contributed by atoms with Gasteiger partial charge in [0.1, 0.15) is 0 Å². The second-order valence-corrected chi connectivity index (χ2v) is 5.92. The summed E-state index contributed by atoms with van der Waals surface area (Å²) in [5, 5.41) is 9.64. The van der Waals surface area contributed by atoms with Gasteiger partial charge in [-0.3, -0.25) is 0 Å². The minimum atomic E-state index is -0.284. The normalized spacial score (nSPS) is 13.2. The number of thioether (sulfide) groups is 1. The Kier molecular flexibility index (Phi) is 4.64. The van der Waals surface area contributed by atoms with E-state index in [-0.39, 0.29) is 6.10 Å². The molecule has 0 saturated carbocycles. The first kappa shape index (κ1) is 10.6. The van der Waals surface area contributed by atoms with Crippen LogP contribution in [0.25, 0.3) is 0 Å². The van der Waals surface area contributed by atoms with Crippen LogP contribution in [0, 0.1) is 0 Å². The molecule has 0 aromatic carbocycles. The Morgan fingerprint density at radius 1 is 1.67 bits per heavy atom. The molecule has 0 spiro atoms. The maximum Gasteiger partial charge on any atom is 0.0890 e. The van der Waals surface area contributed by atoms with E-state index in [1.807, 2.05) is 12.1 Å². The average molecular weight is 267 g/mol. The molecular formula is C8H11BrOS2. The highest BCUT2D eigenvalue weighted by molar-refractivity contribution is 9.11. The van der Waals surface area contributed by atoms with Crippen molar-refractivity contribution in [2.24, 2.45) is 0 Å². The third-order valence-corrected chi connectivity index (χ3v) is 3.89. The fraction of sp³-hybridized carbons (Fsp3) is 0.500. The summed E-state index contributed by atoms with van der Waals surface area (Å²) in [6.45, 7) is 0. The molecular weight excluding hydrogens is 256 g/mol. The van der Waals surface area contributed by atoms with Gasteiger partial charge in [0.05, 0.1) is 9.89 Å². The smallest absolute Gasteiger partial charge is 0.0890 e. The predicted octanol–water partition coefficient (Wildman–Crippen LogP) is 3.30. The van der Waals surface area contributed by atoms with Crippen LogP contribution in [0.5, 0.6) is 0 Å². The molecule has 0 aliphatic carbocycles. The van der Waals surface area contributed by atoms with Gasteiger partial charge < -0.3 is 5.11 Å². The maximum atomic E-state index is 9.64. The van der Waals surface area contributed by atoms with E-state index in [9.17, 15) is 5.11 Å². The van der Waals surface area contributed by atoms with Crippen LogP contribution in [0.15, 0.2) is 15.9 Å². The minimum absolute atomic E-state index is 0.284. The van der Waals surface area contributed by atoms with Gasteiger partial charge in [-0.05, 0) is 46.5 Å². The highest BCUT2D eigenvalue weighted by atomic mass is 79.9. The third-order valence-electron chi connectivity index (χ3n) is 1.52. The molecule has 1 heterocycles. The molecule has 1 aromatic rings.